The standard InChI is InChI=1S/C50H34FN3/c1-50(2)39-17-8-7-16-36(39)49-40(50)18-12-22-46(49)54(42-20-10-6-13-34(42)31-52)44-30-26-33-23-27-37-43(29-25-32-24-28-38(44)48(33)47(32)37)53(35-14-4-3-5-15-35)45-21-11-9-19-41(45)51/h3-30H,1-2H3. The summed E-state index contributed by atoms with van der Waals surface area (Å²) in [6.07, 6.45) is 0. The summed E-state index contributed by atoms with van der Waals surface area (Å²) in [5.74, 6) is -0.290. The number of anilines is 6. The van der Waals surface area contributed by atoms with E-state index in [1.165, 1.54) is 28.3 Å². The molecule has 0 fully saturated rings. The summed E-state index contributed by atoms with van der Waals surface area (Å²) in [6, 6.07) is 60.0. The molecule has 9 aromatic rings. The Balaban J connectivity index is 1.28. The second kappa shape index (κ2) is 12.0. The van der Waals surface area contributed by atoms with Gasteiger partial charge < -0.3 is 9.80 Å². The minimum atomic E-state index is -0.290. The summed E-state index contributed by atoms with van der Waals surface area (Å²) in [6.45, 7) is 4.59. The van der Waals surface area contributed by atoms with Gasteiger partial charge >= 0.3 is 0 Å². The van der Waals surface area contributed by atoms with E-state index < -0.39 is 0 Å². The van der Waals surface area contributed by atoms with Crippen LogP contribution in [0.2, 0.25) is 0 Å². The first-order chi connectivity index (χ1) is 26.5. The van der Waals surface area contributed by atoms with Crippen LogP contribution in [0.5, 0.6) is 0 Å². The minimum Gasteiger partial charge on any atom is -0.308 e. The second-order valence-electron chi connectivity index (χ2n) is 14.5. The lowest BCUT2D eigenvalue weighted by atomic mass is 9.82. The number of halogens is 1. The molecule has 0 radical (unpaired) electrons. The van der Waals surface area contributed by atoms with Crippen molar-refractivity contribution in [3.8, 4) is 17.2 Å². The molecule has 1 aliphatic carbocycles. The van der Waals surface area contributed by atoms with Gasteiger partial charge in [0.1, 0.15) is 11.9 Å². The molecule has 1 aliphatic rings. The van der Waals surface area contributed by atoms with Crippen molar-refractivity contribution in [3.05, 3.63) is 192 Å². The Morgan fingerprint density at radius 1 is 0.481 bits per heavy atom. The van der Waals surface area contributed by atoms with Gasteiger partial charge in [0.25, 0.3) is 0 Å². The van der Waals surface area contributed by atoms with Gasteiger partial charge in [-0.1, -0.05) is 129 Å². The molecule has 10 rings (SSSR count). The predicted molar refractivity (Wildman–Crippen MR) is 222 cm³/mol. The largest absolute Gasteiger partial charge is 0.308 e. The summed E-state index contributed by atoms with van der Waals surface area (Å²) in [7, 11) is 0. The van der Waals surface area contributed by atoms with Crippen LogP contribution in [-0.2, 0) is 5.41 Å². The van der Waals surface area contributed by atoms with Crippen molar-refractivity contribution in [2.24, 2.45) is 0 Å². The lowest BCUT2D eigenvalue weighted by molar-refractivity contribution is 0.629. The van der Waals surface area contributed by atoms with E-state index in [-0.39, 0.29) is 11.2 Å². The van der Waals surface area contributed by atoms with Gasteiger partial charge in [-0.2, -0.15) is 5.26 Å². The van der Waals surface area contributed by atoms with E-state index in [0.717, 1.165) is 60.8 Å². The third kappa shape index (κ3) is 4.58. The number of para-hydroxylation sites is 3. The number of nitrogens with zero attached hydrogens (tertiary/aromatic N) is 3. The van der Waals surface area contributed by atoms with Crippen LogP contribution < -0.4 is 9.80 Å². The smallest absolute Gasteiger partial charge is 0.147 e. The van der Waals surface area contributed by atoms with E-state index >= 15 is 4.39 Å². The molecule has 0 aliphatic heterocycles. The van der Waals surface area contributed by atoms with Gasteiger partial charge in [0.05, 0.1) is 34.0 Å². The van der Waals surface area contributed by atoms with E-state index in [1.54, 1.807) is 6.07 Å². The topological polar surface area (TPSA) is 30.3 Å². The summed E-state index contributed by atoms with van der Waals surface area (Å²) >= 11 is 0. The highest BCUT2D eigenvalue weighted by atomic mass is 19.1. The van der Waals surface area contributed by atoms with Gasteiger partial charge in [-0.25, -0.2) is 4.39 Å². The molecule has 4 heteroatoms. The van der Waals surface area contributed by atoms with Crippen molar-refractivity contribution < 1.29 is 4.39 Å². The van der Waals surface area contributed by atoms with Gasteiger partial charge in [0.15, 0.2) is 0 Å². The van der Waals surface area contributed by atoms with Gasteiger partial charge in [-0.15, -0.1) is 0 Å². The summed E-state index contributed by atoms with van der Waals surface area (Å²) in [4.78, 5) is 4.31. The highest BCUT2D eigenvalue weighted by Gasteiger charge is 2.38. The van der Waals surface area contributed by atoms with E-state index in [2.05, 4.69) is 116 Å². The van der Waals surface area contributed by atoms with Crippen LogP contribution in [0, 0.1) is 17.1 Å². The van der Waals surface area contributed by atoms with Crippen LogP contribution in [0.15, 0.2) is 170 Å². The monoisotopic (exact) mass is 695 g/mol. The molecule has 54 heavy (non-hydrogen) atoms. The van der Waals surface area contributed by atoms with Crippen LogP contribution in [-0.4, -0.2) is 0 Å². The molecule has 0 saturated heterocycles. The normalized spacial score (nSPS) is 12.9. The zero-order valence-electron chi connectivity index (χ0n) is 29.9. The second-order valence-corrected chi connectivity index (χ2v) is 14.5. The number of hydrogen-bond donors (Lipinski definition) is 0. The first-order valence-corrected chi connectivity index (χ1v) is 18.3. The molecule has 0 amide bonds. The Bertz CT molecular complexity index is 2960. The van der Waals surface area contributed by atoms with Crippen LogP contribution in [0.25, 0.3) is 43.4 Å². The fourth-order valence-corrected chi connectivity index (χ4v) is 8.85. The molecule has 0 heterocycles. The Morgan fingerprint density at radius 2 is 1.04 bits per heavy atom. The molecule has 9 aromatic carbocycles. The average molecular weight is 696 g/mol. The van der Waals surface area contributed by atoms with Gasteiger partial charge in [-0.05, 0) is 92.8 Å². The molecule has 0 N–H and O–H groups in total. The highest BCUT2D eigenvalue weighted by Crippen LogP contribution is 2.55. The van der Waals surface area contributed by atoms with Crippen molar-refractivity contribution >= 4 is 66.4 Å². The molecule has 0 spiro atoms. The van der Waals surface area contributed by atoms with Gasteiger partial charge in [0, 0.05) is 27.4 Å². The minimum absolute atomic E-state index is 0.190. The van der Waals surface area contributed by atoms with E-state index in [4.69, 9.17) is 0 Å². The molecule has 0 aromatic heterocycles. The zero-order valence-corrected chi connectivity index (χ0v) is 29.9. The molecule has 0 saturated carbocycles. The molecular weight excluding hydrogens is 662 g/mol. The zero-order chi connectivity index (χ0) is 36.6. The van der Waals surface area contributed by atoms with Crippen molar-refractivity contribution in [1.82, 2.24) is 0 Å². The maximum atomic E-state index is 15.7. The lowest BCUT2D eigenvalue weighted by Gasteiger charge is -2.31. The Morgan fingerprint density at radius 3 is 1.74 bits per heavy atom. The average Bonchev–Trinajstić information content (AvgIpc) is 3.45. The molecule has 3 nitrogen and oxygen atoms in total. The van der Waals surface area contributed by atoms with Crippen LogP contribution in [0.1, 0.15) is 30.5 Å². The van der Waals surface area contributed by atoms with Crippen LogP contribution in [0.3, 0.4) is 0 Å². The SMILES string of the molecule is CC1(C)c2ccccc2-c2c(N(c3ccccc3C#N)c3ccc4ccc5c(N(c6ccccc6)c6ccccc6F)ccc6ccc3c4c65)cccc21. The maximum Gasteiger partial charge on any atom is 0.147 e. The van der Waals surface area contributed by atoms with E-state index in [0.29, 0.717) is 11.3 Å². The third-order valence-corrected chi connectivity index (χ3v) is 11.3. The summed E-state index contributed by atoms with van der Waals surface area (Å²) < 4.78 is 15.7. The molecule has 0 unspecified atom stereocenters. The third-order valence-electron chi connectivity index (χ3n) is 11.3. The molecule has 0 atom stereocenters. The number of nitriles is 1. The first-order valence-electron chi connectivity index (χ1n) is 18.3. The van der Waals surface area contributed by atoms with Crippen molar-refractivity contribution in [2.45, 2.75) is 19.3 Å². The van der Waals surface area contributed by atoms with E-state index in [1.807, 2.05) is 71.6 Å². The van der Waals surface area contributed by atoms with Crippen LogP contribution in [0.4, 0.5) is 38.5 Å². The Hall–Kier alpha value is -6.96. The van der Waals surface area contributed by atoms with Crippen molar-refractivity contribution in [1.29, 1.82) is 5.26 Å². The Labute approximate surface area is 313 Å². The maximum absolute atomic E-state index is 15.7. The summed E-state index contributed by atoms with van der Waals surface area (Å²) in [5.41, 5.74) is 10.4. The first kappa shape index (κ1) is 31.7. The van der Waals surface area contributed by atoms with Gasteiger partial charge in [0.2, 0.25) is 0 Å². The number of hydrogen-bond acceptors (Lipinski definition) is 3. The number of rotatable bonds is 6. The predicted octanol–water partition coefficient (Wildman–Crippen LogP) is 13.8. The number of fused-ring (bicyclic) bond motifs is 3. The molecule has 0 bridgehead atoms. The van der Waals surface area contributed by atoms with Crippen LogP contribution >= 0.6 is 0 Å². The molecular formula is C50H34FN3. The van der Waals surface area contributed by atoms with Crippen molar-refractivity contribution in [3.63, 3.8) is 0 Å². The Kier molecular flexibility index (Phi) is 7.08. The fourth-order valence-electron chi connectivity index (χ4n) is 8.85. The number of benzene rings is 9. The lowest BCUT2D eigenvalue weighted by Crippen LogP contribution is -2.16. The molecule has 256 valence electrons. The quantitative estimate of drug-likeness (QED) is 0.162. The van der Waals surface area contributed by atoms with Gasteiger partial charge in [-0.3, -0.25) is 0 Å². The fraction of sp³-hybridized carbons (Fsp3) is 0.0600. The van der Waals surface area contributed by atoms with E-state index in [9.17, 15) is 5.26 Å². The van der Waals surface area contributed by atoms with Crippen molar-refractivity contribution in [2.75, 3.05) is 9.80 Å². The summed E-state index contributed by atoms with van der Waals surface area (Å²) in [5, 5.41) is 17.0. The highest BCUT2D eigenvalue weighted by molar-refractivity contribution is 6.28.